The lowest BCUT2D eigenvalue weighted by Gasteiger charge is -2.23. The van der Waals surface area contributed by atoms with Crippen LogP contribution in [0.5, 0.6) is 0 Å². The molecule has 4 rings (SSSR count). The van der Waals surface area contributed by atoms with Crippen molar-refractivity contribution in [2.75, 3.05) is 6.66 Å². The molecule has 23 heavy (non-hydrogen) atoms. The van der Waals surface area contributed by atoms with Gasteiger partial charge in [-0.3, -0.25) is 0 Å². The summed E-state index contributed by atoms with van der Waals surface area (Å²) in [4.78, 5) is 0. The van der Waals surface area contributed by atoms with E-state index in [2.05, 4.69) is 48.5 Å². The summed E-state index contributed by atoms with van der Waals surface area (Å²) in [6, 6.07) is 29.0. The molecule has 1 aliphatic heterocycles. The summed E-state index contributed by atoms with van der Waals surface area (Å²) in [6.07, 6.45) is 0. The third-order valence-corrected chi connectivity index (χ3v) is 8.04. The summed E-state index contributed by atoms with van der Waals surface area (Å²) >= 11 is 0. The van der Waals surface area contributed by atoms with Gasteiger partial charge in [-0.25, -0.2) is 0 Å². The maximum Gasteiger partial charge on any atom is 0.107 e. The van der Waals surface area contributed by atoms with Crippen molar-refractivity contribution < 1.29 is 4.57 Å². The first-order valence-corrected chi connectivity index (χ1v) is 10.2. The van der Waals surface area contributed by atoms with Gasteiger partial charge in [-0.15, -0.1) is 0 Å². The minimum Gasteiger partial charge on any atom is -0.322 e. The molecule has 0 aromatic heterocycles. The predicted molar refractivity (Wildman–Crippen MR) is 96.5 cm³/mol. The van der Waals surface area contributed by atoms with Crippen molar-refractivity contribution in [3.05, 3.63) is 107 Å². The van der Waals surface area contributed by atoms with E-state index in [1.165, 1.54) is 11.1 Å². The second kappa shape index (κ2) is 5.51. The molecule has 1 aliphatic rings. The Labute approximate surface area is 137 Å². The molecule has 1 nitrogen and oxygen atoms in total. The zero-order chi connectivity index (χ0) is 15.9. The third-order valence-electron chi connectivity index (χ3n) is 4.84. The summed E-state index contributed by atoms with van der Waals surface area (Å²) in [6.45, 7) is 1.97. The average Bonchev–Trinajstić information content (AvgIpc) is 2.82. The summed E-state index contributed by atoms with van der Waals surface area (Å²) in [5.41, 5.74) is 4.74. The van der Waals surface area contributed by atoms with Crippen LogP contribution in [0.3, 0.4) is 0 Å². The van der Waals surface area contributed by atoms with Gasteiger partial charge >= 0.3 is 0 Å². The molecule has 0 bridgehead atoms. The van der Waals surface area contributed by atoms with Gasteiger partial charge < -0.3 is 4.57 Å². The molecule has 3 aromatic carbocycles. The van der Waals surface area contributed by atoms with Crippen LogP contribution >= 0.6 is 7.14 Å². The van der Waals surface area contributed by atoms with Gasteiger partial charge in [-0.1, -0.05) is 84.9 Å². The van der Waals surface area contributed by atoms with E-state index in [4.69, 9.17) is 0 Å². The zero-order valence-corrected chi connectivity index (χ0v) is 14.0. The van der Waals surface area contributed by atoms with Crippen LogP contribution in [0.4, 0.5) is 0 Å². The molecule has 0 radical (unpaired) electrons. The molecule has 0 spiro atoms. The van der Waals surface area contributed by atoms with E-state index >= 15 is 0 Å². The first-order valence-electron chi connectivity index (χ1n) is 7.95. The highest BCUT2D eigenvalue weighted by Gasteiger charge is 2.47. The van der Waals surface area contributed by atoms with Crippen LogP contribution in [0.25, 0.3) is 0 Å². The molecule has 2 heteroatoms. The molecule has 0 saturated heterocycles. The topological polar surface area (TPSA) is 17.1 Å². The van der Waals surface area contributed by atoms with Crippen LogP contribution in [0.1, 0.15) is 33.6 Å². The Morgan fingerprint density at radius 2 is 0.957 bits per heavy atom. The lowest BCUT2D eigenvalue weighted by Crippen LogP contribution is -1.99. The maximum absolute atomic E-state index is 13.9. The third kappa shape index (κ3) is 2.28. The van der Waals surface area contributed by atoms with Crippen molar-refractivity contribution in [3.63, 3.8) is 0 Å². The molecule has 2 unspecified atom stereocenters. The highest BCUT2D eigenvalue weighted by Crippen LogP contribution is 2.75. The quantitative estimate of drug-likeness (QED) is 0.540. The van der Waals surface area contributed by atoms with Crippen molar-refractivity contribution in [2.45, 2.75) is 11.3 Å². The maximum atomic E-state index is 13.9. The molecular formula is C21H19OP. The van der Waals surface area contributed by atoms with E-state index in [-0.39, 0.29) is 11.3 Å². The summed E-state index contributed by atoms with van der Waals surface area (Å²) in [7, 11) is -2.49. The largest absolute Gasteiger partial charge is 0.322 e. The molecule has 0 N–H and O–H groups in total. The van der Waals surface area contributed by atoms with E-state index in [9.17, 15) is 4.57 Å². The standard InChI is InChI=1S/C21H19OP/c1-23(22)20(16-10-4-2-5-11-16)18-14-8-9-15-19(18)21(23)17-12-6-3-7-13-17/h2-15,20-21H,1H3. The fraction of sp³-hybridized carbons (Fsp3) is 0.143. The van der Waals surface area contributed by atoms with Gasteiger partial charge in [0, 0.05) is 0 Å². The minimum atomic E-state index is -2.49. The van der Waals surface area contributed by atoms with Gasteiger partial charge in [-0.2, -0.15) is 0 Å². The SMILES string of the molecule is CP1(=O)C(c2ccccc2)c2ccccc2C1c1ccccc1. The number of fused-ring (bicyclic) bond motifs is 1. The Hall–Kier alpha value is -2.11. The second-order valence-electron chi connectivity index (χ2n) is 6.31. The molecule has 3 aromatic rings. The number of hydrogen-bond acceptors (Lipinski definition) is 1. The van der Waals surface area contributed by atoms with Crippen molar-refractivity contribution in [1.29, 1.82) is 0 Å². The molecule has 0 saturated carbocycles. The highest BCUT2D eigenvalue weighted by molar-refractivity contribution is 7.64. The smallest absolute Gasteiger partial charge is 0.107 e. The lowest BCUT2D eigenvalue weighted by atomic mass is 9.95. The van der Waals surface area contributed by atoms with Crippen LogP contribution < -0.4 is 0 Å². The summed E-state index contributed by atoms with van der Waals surface area (Å²) in [5.74, 6) is 0. The Kier molecular flexibility index (Phi) is 3.47. The molecular weight excluding hydrogens is 299 g/mol. The van der Waals surface area contributed by atoms with E-state index < -0.39 is 7.14 Å². The monoisotopic (exact) mass is 318 g/mol. The normalized spacial score (nSPS) is 26.0. The van der Waals surface area contributed by atoms with Crippen LogP contribution in [0, 0.1) is 0 Å². The summed E-state index contributed by atoms with van der Waals surface area (Å²) in [5, 5.41) is 0. The molecule has 0 fully saturated rings. The number of benzene rings is 3. The van der Waals surface area contributed by atoms with E-state index in [0.717, 1.165) is 11.1 Å². The molecule has 2 atom stereocenters. The van der Waals surface area contributed by atoms with Gasteiger partial charge in [-0.05, 0) is 28.9 Å². The van der Waals surface area contributed by atoms with E-state index in [0.29, 0.717) is 0 Å². The fourth-order valence-electron chi connectivity index (χ4n) is 3.93. The molecule has 0 aliphatic carbocycles. The van der Waals surface area contributed by atoms with Crippen molar-refractivity contribution in [1.82, 2.24) is 0 Å². The van der Waals surface area contributed by atoms with Crippen LogP contribution in [0.2, 0.25) is 0 Å². The fourth-order valence-corrected chi connectivity index (χ4v) is 7.33. The first kappa shape index (κ1) is 14.5. The number of hydrogen-bond donors (Lipinski definition) is 0. The Balaban J connectivity index is 1.95. The van der Waals surface area contributed by atoms with Crippen LogP contribution in [-0.4, -0.2) is 6.66 Å². The minimum absolute atomic E-state index is 0.00916. The van der Waals surface area contributed by atoms with Crippen molar-refractivity contribution in [2.24, 2.45) is 0 Å². The number of rotatable bonds is 2. The zero-order valence-electron chi connectivity index (χ0n) is 13.1. The van der Waals surface area contributed by atoms with Crippen LogP contribution in [-0.2, 0) is 4.57 Å². The lowest BCUT2D eigenvalue weighted by molar-refractivity contribution is 0.572. The average molecular weight is 318 g/mol. The van der Waals surface area contributed by atoms with Gasteiger partial charge in [0.25, 0.3) is 0 Å². The second-order valence-corrected chi connectivity index (χ2v) is 9.46. The highest BCUT2D eigenvalue weighted by atomic mass is 31.2. The molecule has 114 valence electrons. The van der Waals surface area contributed by atoms with Gasteiger partial charge in [0.2, 0.25) is 0 Å². The van der Waals surface area contributed by atoms with Gasteiger partial charge in [0.05, 0.1) is 11.3 Å². The molecule has 0 amide bonds. The van der Waals surface area contributed by atoms with Gasteiger partial charge in [0.1, 0.15) is 7.14 Å². The predicted octanol–water partition coefficient (Wildman–Crippen LogP) is 5.87. The Morgan fingerprint density at radius 3 is 1.35 bits per heavy atom. The Bertz CT molecular complexity index is 800. The van der Waals surface area contributed by atoms with Crippen molar-refractivity contribution >= 4 is 7.14 Å². The first-order chi connectivity index (χ1) is 11.2. The van der Waals surface area contributed by atoms with Crippen molar-refractivity contribution in [3.8, 4) is 0 Å². The van der Waals surface area contributed by atoms with Gasteiger partial charge in [0.15, 0.2) is 0 Å². The van der Waals surface area contributed by atoms with E-state index in [1.807, 2.05) is 43.1 Å². The summed E-state index contributed by atoms with van der Waals surface area (Å²) < 4.78 is 13.9. The molecule has 1 heterocycles. The van der Waals surface area contributed by atoms with E-state index in [1.54, 1.807) is 0 Å². The Morgan fingerprint density at radius 1 is 0.609 bits per heavy atom. The van der Waals surface area contributed by atoms with Crippen LogP contribution in [0.15, 0.2) is 84.9 Å².